The summed E-state index contributed by atoms with van der Waals surface area (Å²) in [6.45, 7) is 1.41. The number of amides is 1. The predicted molar refractivity (Wildman–Crippen MR) is 99.5 cm³/mol. The number of nitrogens with zero attached hydrogens (tertiary/aromatic N) is 1. The van der Waals surface area contributed by atoms with Crippen LogP contribution in [0.15, 0.2) is 35.4 Å². The number of aliphatic hydroxyl groups is 1. The van der Waals surface area contributed by atoms with E-state index < -0.39 is 45.9 Å². The molecule has 1 aromatic carbocycles. The molecule has 2 aromatic rings. The highest BCUT2D eigenvalue weighted by molar-refractivity contribution is 7.89. The van der Waals surface area contributed by atoms with Gasteiger partial charge in [0.05, 0.1) is 17.7 Å². The fourth-order valence-electron chi connectivity index (χ4n) is 2.99. The van der Waals surface area contributed by atoms with E-state index in [1.807, 2.05) is 0 Å². The normalized spacial score (nSPS) is 18.9. The zero-order valence-corrected chi connectivity index (χ0v) is 16.2. The first-order chi connectivity index (χ1) is 13.5. The highest BCUT2D eigenvalue weighted by atomic mass is 32.2. The van der Waals surface area contributed by atoms with E-state index >= 15 is 0 Å². The molecule has 0 saturated carbocycles. The van der Waals surface area contributed by atoms with Crippen molar-refractivity contribution in [1.82, 2.24) is 9.29 Å². The van der Waals surface area contributed by atoms with Crippen molar-refractivity contribution in [3.8, 4) is 0 Å². The Morgan fingerprint density at radius 1 is 1.34 bits per heavy atom. The van der Waals surface area contributed by atoms with Gasteiger partial charge in [0.15, 0.2) is 0 Å². The van der Waals surface area contributed by atoms with Crippen molar-refractivity contribution in [3.63, 3.8) is 0 Å². The number of aliphatic hydroxyl groups excluding tert-OH is 1. The summed E-state index contributed by atoms with van der Waals surface area (Å²) in [6.07, 6.45) is -0.0272. The molecule has 1 amide bonds. The van der Waals surface area contributed by atoms with Crippen LogP contribution < -0.4 is 10.0 Å². The Hall–Kier alpha value is -2.63. The Kier molecular flexibility index (Phi) is 5.57. The topological polar surface area (TPSA) is 100 Å². The zero-order valence-electron chi connectivity index (χ0n) is 15.4. The van der Waals surface area contributed by atoms with Crippen molar-refractivity contribution in [3.05, 3.63) is 53.1 Å². The van der Waals surface area contributed by atoms with Gasteiger partial charge in [0.1, 0.15) is 16.4 Å². The van der Waals surface area contributed by atoms with Crippen molar-refractivity contribution >= 4 is 27.7 Å². The Morgan fingerprint density at radius 3 is 2.66 bits per heavy atom. The number of alkyl halides is 2. The standard InChI is InChI=1S/C18H18F3N3O4S/c1-9(25)14-6-4-11-15(29(27,28)23-14)8-24(2)16(11)18(26)22-10-3-5-13(19)12(7-10)17(20)21/h3-9,14,17,23,25H,1-2H3,(H,22,26)/t9-,14?/m0/s1. The van der Waals surface area contributed by atoms with Gasteiger partial charge in [-0.2, -0.15) is 0 Å². The quantitative estimate of drug-likeness (QED) is 0.695. The van der Waals surface area contributed by atoms with E-state index in [1.165, 1.54) is 36.9 Å². The van der Waals surface area contributed by atoms with E-state index in [4.69, 9.17) is 0 Å². The molecule has 7 nitrogen and oxygen atoms in total. The molecule has 0 bridgehead atoms. The van der Waals surface area contributed by atoms with Crippen molar-refractivity contribution in [2.45, 2.75) is 30.4 Å². The first kappa shape index (κ1) is 21.1. The van der Waals surface area contributed by atoms with Crippen molar-refractivity contribution in [2.75, 3.05) is 5.32 Å². The van der Waals surface area contributed by atoms with E-state index in [-0.39, 0.29) is 21.8 Å². The molecule has 1 aliphatic heterocycles. The van der Waals surface area contributed by atoms with Gasteiger partial charge in [-0.15, -0.1) is 0 Å². The van der Waals surface area contributed by atoms with Crippen molar-refractivity contribution < 1.29 is 31.5 Å². The highest BCUT2D eigenvalue weighted by Crippen LogP contribution is 2.29. The third-order valence-electron chi connectivity index (χ3n) is 4.46. The average Bonchev–Trinajstić information content (AvgIpc) is 2.90. The molecule has 1 aromatic heterocycles. The van der Waals surface area contributed by atoms with E-state index in [1.54, 1.807) is 0 Å². The lowest BCUT2D eigenvalue weighted by molar-refractivity contribution is 0.101. The number of hydrogen-bond acceptors (Lipinski definition) is 4. The molecular weight excluding hydrogens is 411 g/mol. The number of halogens is 3. The van der Waals surface area contributed by atoms with Crippen LogP contribution in [-0.2, 0) is 17.1 Å². The Morgan fingerprint density at radius 2 is 2.03 bits per heavy atom. The SMILES string of the molecule is C[C@H](O)C1C=Cc2c(cn(C)c2C(=O)Nc2ccc(F)c(C(F)F)c2)S(=O)(=O)N1. The van der Waals surface area contributed by atoms with Crippen LogP contribution in [-0.4, -0.2) is 36.1 Å². The molecule has 0 saturated heterocycles. The lowest BCUT2D eigenvalue weighted by Gasteiger charge is -2.15. The van der Waals surface area contributed by atoms with Gasteiger partial charge in [-0.25, -0.2) is 26.3 Å². The second-order valence-electron chi connectivity index (χ2n) is 6.60. The van der Waals surface area contributed by atoms with E-state index in [9.17, 15) is 31.5 Å². The Balaban J connectivity index is 2.01. The maximum Gasteiger partial charge on any atom is 0.272 e. The average molecular weight is 429 g/mol. The number of benzene rings is 1. The number of sulfonamides is 1. The van der Waals surface area contributed by atoms with Crippen LogP contribution in [0.25, 0.3) is 6.08 Å². The van der Waals surface area contributed by atoms with Gasteiger partial charge < -0.3 is 15.0 Å². The minimum absolute atomic E-state index is 0.0456. The smallest absolute Gasteiger partial charge is 0.272 e. The molecule has 3 N–H and O–H groups in total. The predicted octanol–water partition coefficient (Wildman–Crippen LogP) is 2.41. The van der Waals surface area contributed by atoms with E-state index in [2.05, 4.69) is 10.0 Å². The van der Waals surface area contributed by atoms with Crippen molar-refractivity contribution in [2.24, 2.45) is 7.05 Å². The minimum atomic E-state index is -4.03. The molecule has 1 aliphatic rings. The number of fused-ring (bicyclic) bond motifs is 1. The minimum Gasteiger partial charge on any atom is -0.391 e. The summed E-state index contributed by atoms with van der Waals surface area (Å²) in [5, 5.41) is 12.1. The molecule has 3 rings (SSSR count). The number of carbonyl (C=O) groups is 1. The summed E-state index contributed by atoms with van der Waals surface area (Å²) in [5.74, 6) is -1.87. The number of carbonyl (C=O) groups excluding carboxylic acids is 1. The number of aromatic nitrogens is 1. The molecule has 29 heavy (non-hydrogen) atoms. The summed E-state index contributed by atoms with van der Waals surface area (Å²) in [5.41, 5.74) is -0.894. The number of anilines is 1. The first-order valence-corrected chi connectivity index (χ1v) is 9.96. The molecular formula is C18H18F3N3O4S. The molecule has 0 spiro atoms. The van der Waals surface area contributed by atoms with Crippen LogP contribution in [0.3, 0.4) is 0 Å². The van der Waals surface area contributed by atoms with Gasteiger partial charge >= 0.3 is 0 Å². The first-order valence-electron chi connectivity index (χ1n) is 8.48. The number of nitrogens with one attached hydrogen (secondary N) is 2. The molecule has 11 heteroatoms. The van der Waals surface area contributed by atoms with Gasteiger partial charge in [-0.1, -0.05) is 12.2 Å². The van der Waals surface area contributed by atoms with Crippen LogP contribution in [0, 0.1) is 5.82 Å². The van der Waals surface area contributed by atoms with E-state index in [0.29, 0.717) is 0 Å². The zero-order chi connectivity index (χ0) is 21.5. The van der Waals surface area contributed by atoms with E-state index in [0.717, 1.165) is 18.2 Å². The second-order valence-corrected chi connectivity index (χ2v) is 8.29. The largest absolute Gasteiger partial charge is 0.391 e. The molecule has 0 radical (unpaired) electrons. The second kappa shape index (κ2) is 7.65. The van der Waals surface area contributed by atoms with Crippen LogP contribution in [0.4, 0.5) is 18.9 Å². The molecule has 0 aliphatic carbocycles. The summed E-state index contributed by atoms with van der Waals surface area (Å²) < 4.78 is 68.0. The number of rotatable bonds is 4. The van der Waals surface area contributed by atoms with Gasteiger partial charge in [-0.05, 0) is 25.1 Å². The summed E-state index contributed by atoms with van der Waals surface area (Å²) in [7, 11) is -2.57. The maximum absolute atomic E-state index is 13.5. The number of aryl methyl sites for hydroxylation is 1. The monoisotopic (exact) mass is 429 g/mol. The number of hydrogen-bond donors (Lipinski definition) is 3. The Labute approximate surface area is 164 Å². The van der Waals surface area contributed by atoms with Gasteiger partial charge in [0, 0.05) is 24.5 Å². The van der Waals surface area contributed by atoms with Crippen LogP contribution >= 0.6 is 0 Å². The van der Waals surface area contributed by atoms with Crippen LogP contribution in [0.1, 0.15) is 35.0 Å². The Bertz CT molecular complexity index is 1090. The molecule has 2 heterocycles. The van der Waals surface area contributed by atoms with Crippen molar-refractivity contribution in [1.29, 1.82) is 0 Å². The molecule has 0 fully saturated rings. The third kappa shape index (κ3) is 4.07. The lowest BCUT2D eigenvalue weighted by Crippen LogP contribution is -2.39. The van der Waals surface area contributed by atoms with Crippen LogP contribution in [0.5, 0.6) is 0 Å². The summed E-state index contributed by atoms with van der Waals surface area (Å²) >= 11 is 0. The van der Waals surface area contributed by atoms with Gasteiger partial charge in [-0.3, -0.25) is 4.79 Å². The summed E-state index contributed by atoms with van der Waals surface area (Å²) in [4.78, 5) is 12.6. The third-order valence-corrected chi connectivity index (χ3v) is 5.95. The maximum atomic E-state index is 13.5. The molecule has 156 valence electrons. The van der Waals surface area contributed by atoms with Crippen LogP contribution in [0.2, 0.25) is 0 Å². The highest BCUT2D eigenvalue weighted by Gasteiger charge is 2.31. The van der Waals surface area contributed by atoms with Gasteiger partial charge in [0.2, 0.25) is 10.0 Å². The molecule has 2 atom stereocenters. The van der Waals surface area contributed by atoms with Gasteiger partial charge in [0.25, 0.3) is 12.3 Å². The fraction of sp³-hybridized carbons (Fsp3) is 0.278. The fourth-order valence-corrected chi connectivity index (χ4v) is 4.51. The lowest BCUT2D eigenvalue weighted by atomic mass is 10.1. The summed E-state index contributed by atoms with van der Waals surface area (Å²) in [6, 6.07) is 1.86. The molecule has 1 unspecified atom stereocenters.